The smallest absolute Gasteiger partial charge is 0.322 e. The third-order valence-corrected chi connectivity index (χ3v) is 6.28. The summed E-state index contributed by atoms with van der Waals surface area (Å²) >= 11 is 1.65. The number of hydrogen-bond donors (Lipinski definition) is 1. The SMILES string of the molecule is COCCCN1C(=O)NC(c2ccc(SC)cc2)C(c2nc(-c3ccc(F)cc3)no2)=C1C. The van der Waals surface area contributed by atoms with Crippen LogP contribution in [0.4, 0.5) is 9.18 Å². The molecule has 1 aromatic heterocycles. The van der Waals surface area contributed by atoms with Gasteiger partial charge in [-0.2, -0.15) is 4.98 Å². The van der Waals surface area contributed by atoms with Crippen molar-refractivity contribution >= 4 is 23.4 Å². The third kappa shape index (κ3) is 4.94. The molecule has 1 aliphatic rings. The summed E-state index contributed by atoms with van der Waals surface area (Å²) in [6, 6.07) is 13.3. The van der Waals surface area contributed by atoms with Crippen LogP contribution in [0.15, 0.2) is 63.6 Å². The average molecular weight is 469 g/mol. The highest BCUT2D eigenvalue weighted by Crippen LogP contribution is 2.37. The number of nitrogens with one attached hydrogen (secondary N) is 1. The Labute approximate surface area is 196 Å². The summed E-state index contributed by atoms with van der Waals surface area (Å²) in [5.41, 5.74) is 3.02. The van der Waals surface area contributed by atoms with Crippen LogP contribution >= 0.6 is 11.8 Å². The van der Waals surface area contributed by atoms with E-state index in [0.717, 1.165) is 21.7 Å². The zero-order chi connectivity index (χ0) is 23.4. The Morgan fingerprint density at radius 2 is 1.91 bits per heavy atom. The van der Waals surface area contributed by atoms with Gasteiger partial charge in [-0.25, -0.2) is 9.18 Å². The lowest BCUT2D eigenvalue weighted by molar-refractivity contribution is 0.174. The number of ether oxygens (including phenoxy) is 1. The molecule has 0 aliphatic carbocycles. The van der Waals surface area contributed by atoms with Crippen LogP contribution in [0.5, 0.6) is 0 Å². The monoisotopic (exact) mass is 468 g/mol. The van der Waals surface area contributed by atoms with Gasteiger partial charge < -0.3 is 14.6 Å². The number of aromatic nitrogens is 2. The van der Waals surface area contributed by atoms with Crippen molar-refractivity contribution in [1.82, 2.24) is 20.4 Å². The highest BCUT2D eigenvalue weighted by Gasteiger charge is 2.35. The van der Waals surface area contributed by atoms with Crippen LogP contribution in [0.2, 0.25) is 0 Å². The van der Waals surface area contributed by atoms with Crippen LogP contribution in [0.3, 0.4) is 0 Å². The van der Waals surface area contributed by atoms with Crippen LogP contribution < -0.4 is 5.32 Å². The van der Waals surface area contributed by atoms with Crippen molar-refractivity contribution in [3.05, 3.63) is 71.5 Å². The second-order valence-electron chi connectivity index (χ2n) is 7.58. The molecule has 9 heteroatoms. The van der Waals surface area contributed by atoms with Crippen LogP contribution in [0.1, 0.15) is 30.8 Å². The molecule has 0 spiro atoms. The zero-order valence-corrected chi connectivity index (χ0v) is 19.5. The summed E-state index contributed by atoms with van der Waals surface area (Å²) in [6.45, 7) is 2.92. The number of amides is 2. The predicted molar refractivity (Wildman–Crippen MR) is 125 cm³/mol. The van der Waals surface area contributed by atoms with Crippen molar-refractivity contribution in [2.24, 2.45) is 0 Å². The first kappa shape index (κ1) is 23.0. The first-order chi connectivity index (χ1) is 16.0. The van der Waals surface area contributed by atoms with Crippen molar-refractivity contribution in [3.8, 4) is 11.4 Å². The standard InChI is InChI=1S/C24H25FN4O3S/c1-15-20(23-27-22(28-32-23)17-5-9-18(25)10-6-17)21(16-7-11-19(33-3)12-8-16)26-24(30)29(15)13-4-14-31-2/h5-12,21H,4,13-14H2,1-3H3,(H,26,30). The topological polar surface area (TPSA) is 80.5 Å². The Kier molecular flexibility index (Phi) is 7.10. The van der Waals surface area contributed by atoms with Gasteiger partial charge in [0, 0.05) is 36.4 Å². The highest BCUT2D eigenvalue weighted by atomic mass is 32.2. The van der Waals surface area contributed by atoms with Crippen LogP contribution in [-0.2, 0) is 4.74 Å². The number of allylic oxidation sites excluding steroid dienone is 1. The van der Waals surface area contributed by atoms with Crippen LogP contribution in [-0.4, -0.2) is 47.6 Å². The Hall–Kier alpha value is -3.17. The van der Waals surface area contributed by atoms with E-state index in [1.807, 2.05) is 37.4 Å². The van der Waals surface area contributed by atoms with Gasteiger partial charge in [-0.05, 0) is 61.6 Å². The lowest BCUT2D eigenvalue weighted by Crippen LogP contribution is -2.46. The first-order valence-electron chi connectivity index (χ1n) is 10.5. The van der Waals surface area contributed by atoms with Crippen molar-refractivity contribution in [3.63, 3.8) is 0 Å². The normalized spacial score (nSPS) is 16.3. The minimum Gasteiger partial charge on any atom is -0.385 e. The summed E-state index contributed by atoms with van der Waals surface area (Å²) in [4.78, 5) is 20.4. The lowest BCUT2D eigenvalue weighted by Gasteiger charge is -2.35. The molecule has 1 atom stereocenters. The Morgan fingerprint density at radius 1 is 1.18 bits per heavy atom. The van der Waals surface area contributed by atoms with Crippen molar-refractivity contribution in [2.45, 2.75) is 24.3 Å². The minimum atomic E-state index is -0.450. The van der Waals surface area contributed by atoms with Gasteiger partial charge in [0.15, 0.2) is 0 Å². The fraction of sp³-hybridized carbons (Fsp3) is 0.292. The number of benzene rings is 2. The predicted octanol–water partition coefficient (Wildman–Crippen LogP) is 5.13. The summed E-state index contributed by atoms with van der Waals surface area (Å²) in [5, 5.41) is 7.19. The first-order valence-corrected chi connectivity index (χ1v) is 11.8. The second-order valence-corrected chi connectivity index (χ2v) is 8.46. The van der Waals surface area contributed by atoms with Gasteiger partial charge >= 0.3 is 6.03 Å². The van der Waals surface area contributed by atoms with E-state index in [-0.39, 0.29) is 11.8 Å². The molecule has 2 heterocycles. The molecule has 0 bridgehead atoms. The van der Waals surface area contributed by atoms with E-state index >= 15 is 0 Å². The molecule has 0 fully saturated rings. The Morgan fingerprint density at radius 3 is 2.58 bits per heavy atom. The molecule has 172 valence electrons. The number of carbonyl (C=O) groups excluding carboxylic acids is 1. The molecule has 1 unspecified atom stereocenters. The second kappa shape index (κ2) is 10.2. The number of hydrogen-bond acceptors (Lipinski definition) is 6. The summed E-state index contributed by atoms with van der Waals surface area (Å²) in [5.74, 6) is 0.323. The van der Waals surface area contributed by atoms with E-state index in [1.165, 1.54) is 12.1 Å². The van der Waals surface area contributed by atoms with E-state index in [4.69, 9.17) is 9.26 Å². The van der Waals surface area contributed by atoms with Crippen LogP contribution in [0.25, 0.3) is 17.0 Å². The molecule has 2 aromatic carbocycles. The van der Waals surface area contributed by atoms with Crippen LogP contribution in [0, 0.1) is 5.82 Å². The van der Waals surface area contributed by atoms with Crippen molar-refractivity contribution < 1.29 is 18.4 Å². The number of urea groups is 1. The van der Waals surface area contributed by atoms with E-state index in [1.54, 1.807) is 35.9 Å². The van der Waals surface area contributed by atoms with Gasteiger partial charge in [0.1, 0.15) is 5.82 Å². The number of nitrogens with zero attached hydrogens (tertiary/aromatic N) is 3. The van der Waals surface area contributed by atoms with E-state index in [0.29, 0.717) is 36.9 Å². The molecule has 0 radical (unpaired) electrons. The minimum absolute atomic E-state index is 0.190. The Bertz CT molecular complexity index is 1150. The highest BCUT2D eigenvalue weighted by molar-refractivity contribution is 7.98. The number of carbonyl (C=O) groups is 1. The molecule has 2 amide bonds. The number of halogens is 1. The average Bonchev–Trinajstić information content (AvgIpc) is 3.31. The fourth-order valence-corrected chi connectivity index (χ4v) is 4.20. The molecule has 33 heavy (non-hydrogen) atoms. The van der Waals surface area contributed by atoms with E-state index < -0.39 is 6.04 Å². The van der Waals surface area contributed by atoms with Gasteiger partial charge in [-0.3, -0.25) is 4.90 Å². The lowest BCUT2D eigenvalue weighted by atomic mass is 9.94. The van der Waals surface area contributed by atoms with Gasteiger partial charge in [-0.1, -0.05) is 17.3 Å². The largest absolute Gasteiger partial charge is 0.385 e. The van der Waals surface area contributed by atoms with Crippen molar-refractivity contribution in [1.29, 1.82) is 0 Å². The third-order valence-electron chi connectivity index (χ3n) is 5.53. The molecule has 1 aliphatic heterocycles. The molecule has 0 saturated heterocycles. The van der Waals surface area contributed by atoms with Gasteiger partial charge in [0.25, 0.3) is 5.89 Å². The molecule has 0 saturated carbocycles. The maximum absolute atomic E-state index is 13.3. The number of thioether (sulfide) groups is 1. The quantitative estimate of drug-likeness (QED) is 0.365. The van der Waals surface area contributed by atoms with Gasteiger partial charge in [0.05, 0.1) is 11.6 Å². The maximum Gasteiger partial charge on any atom is 0.322 e. The fourth-order valence-electron chi connectivity index (χ4n) is 3.79. The molecule has 4 rings (SSSR count). The maximum atomic E-state index is 13.3. The molecule has 1 N–H and O–H groups in total. The number of rotatable bonds is 8. The number of methoxy groups -OCH3 is 1. The van der Waals surface area contributed by atoms with Crippen molar-refractivity contribution in [2.75, 3.05) is 26.5 Å². The molecule has 3 aromatic rings. The summed E-state index contributed by atoms with van der Waals surface area (Å²) in [7, 11) is 1.63. The van der Waals surface area contributed by atoms with Gasteiger partial charge in [-0.15, -0.1) is 11.8 Å². The zero-order valence-electron chi connectivity index (χ0n) is 18.7. The Balaban J connectivity index is 1.75. The molecular formula is C24H25FN4O3S. The van der Waals surface area contributed by atoms with E-state index in [9.17, 15) is 9.18 Å². The summed E-state index contributed by atoms with van der Waals surface area (Å²) in [6.07, 6.45) is 2.70. The molecular weight excluding hydrogens is 443 g/mol. The summed E-state index contributed by atoms with van der Waals surface area (Å²) < 4.78 is 24.1. The van der Waals surface area contributed by atoms with Gasteiger partial charge in [0.2, 0.25) is 5.82 Å². The van der Waals surface area contributed by atoms with E-state index in [2.05, 4.69) is 15.5 Å². The molecule has 7 nitrogen and oxygen atoms in total.